The Morgan fingerprint density at radius 2 is 2.13 bits per heavy atom. The molecule has 3 rings (SSSR count). The molecule has 0 aliphatic rings. The van der Waals surface area contributed by atoms with Crippen molar-refractivity contribution in [3.8, 4) is 10.6 Å². The molecule has 2 aromatic heterocycles. The van der Waals surface area contributed by atoms with E-state index in [0.29, 0.717) is 13.0 Å². The Morgan fingerprint density at radius 3 is 2.91 bits per heavy atom. The number of aromatic nitrogens is 1. The fourth-order valence-electron chi connectivity index (χ4n) is 2.30. The third kappa shape index (κ3) is 4.50. The lowest BCUT2D eigenvalue weighted by Crippen LogP contribution is -2.27. The van der Waals surface area contributed by atoms with Crippen LogP contribution in [0.1, 0.15) is 16.1 Å². The SMILES string of the molecule is Cc1cccc(-c2nc(CCNC(=O)Cc3cccs3)cs2)c1. The summed E-state index contributed by atoms with van der Waals surface area (Å²) in [5.41, 5.74) is 3.42. The van der Waals surface area contributed by atoms with Crippen LogP contribution in [0.15, 0.2) is 47.2 Å². The van der Waals surface area contributed by atoms with Gasteiger partial charge >= 0.3 is 0 Å². The maximum Gasteiger partial charge on any atom is 0.225 e. The van der Waals surface area contributed by atoms with Gasteiger partial charge in [-0.1, -0.05) is 29.8 Å². The van der Waals surface area contributed by atoms with Gasteiger partial charge in [0, 0.05) is 28.8 Å². The predicted octanol–water partition coefficient (Wildman–Crippen LogP) is 4.08. The van der Waals surface area contributed by atoms with Crippen LogP contribution in [-0.2, 0) is 17.6 Å². The lowest BCUT2D eigenvalue weighted by atomic mass is 10.1. The monoisotopic (exact) mass is 342 g/mol. The molecule has 1 N–H and O–H groups in total. The smallest absolute Gasteiger partial charge is 0.225 e. The summed E-state index contributed by atoms with van der Waals surface area (Å²) in [7, 11) is 0. The molecule has 1 amide bonds. The minimum atomic E-state index is 0.0709. The fourth-order valence-corrected chi connectivity index (χ4v) is 3.85. The van der Waals surface area contributed by atoms with Crippen molar-refractivity contribution in [1.29, 1.82) is 0 Å². The molecule has 0 aliphatic carbocycles. The van der Waals surface area contributed by atoms with Crippen LogP contribution in [0.4, 0.5) is 0 Å². The second-order valence-corrected chi connectivity index (χ2v) is 7.26. The van der Waals surface area contributed by atoms with Crippen LogP contribution in [-0.4, -0.2) is 17.4 Å². The summed E-state index contributed by atoms with van der Waals surface area (Å²) in [5.74, 6) is 0.0709. The maximum absolute atomic E-state index is 11.8. The molecule has 0 bridgehead atoms. The van der Waals surface area contributed by atoms with E-state index in [-0.39, 0.29) is 5.91 Å². The molecule has 3 nitrogen and oxygen atoms in total. The molecule has 2 heterocycles. The van der Waals surface area contributed by atoms with Gasteiger partial charge in [-0.15, -0.1) is 22.7 Å². The van der Waals surface area contributed by atoms with Gasteiger partial charge in [0.15, 0.2) is 0 Å². The largest absolute Gasteiger partial charge is 0.355 e. The zero-order chi connectivity index (χ0) is 16.1. The van der Waals surface area contributed by atoms with Crippen LogP contribution >= 0.6 is 22.7 Å². The minimum Gasteiger partial charge on any atom is -0.355 e. The first-order chi connectivity index (χ1) is 11.2. The highest BCUT2D eigenvalue weighted by Gasteiger charge is 2.07. The summed E-state index contributed by atoms with van der Waals surface area (Å²) in [6.07, 6.45) is 1.22. The number of nitrogens with one attached hydrogen (secondary N) is 1. The number of nitrogens with zero attached hydrogens (tertiary/aromatic N) is 1. The van der Waals surface area contributed by atoms with E-state index in [1.807, 2.05) is 17.5 Å². The van der Waals surface area contributed by atoms with E-state index in [0.717, 1.165) is 27.6 Å². The third-order valence-corrected chi connectivity index (χ3v) is 5.25. The summed E-state index contributed by atoms with van der Waals surface area (Å²) in [5, 5.41) is 8.06. The Labute approximate surface area is 144 Å². The van der Waals surface area contributed by atoms with Gasteiger partial charge in [0.05, 0.1) is 12.1 Å². The van der Waals surface area contributed by atoms with E-state index in [1.54, 1.807) is 22.7 Å². The maximum atomic E-state index is 11.8. The summed E-state index contributed by atoms with van der Waals surface area (Å²) in [6.45, 7) is 2.71. The molecule has 0 aliphatic heterocycles. The molecule has 3 aromatic rings. The van der Waals surface area contributed by atoms with Crippen LogP contribution in [0.25, 0.3) is 10.6 Å². The second-order valence-electron chi connectivity index (χ2n) is 5.37. The number of carbonyl (C=O) groups excluding carboxylic acids is 1. The molecule has 1 aromatic carbocycles. The van der Waals surface area contributed by atoms with Gasteiger partial charge in [-0.3, -0.25) is 4.79 Å². The van der Waals surface area contributed by atoms with Gasteiger partial charge in [0.2, 0.25) is 5.91 Å². The Bertz CT molecular complexity index is 778. The highest BCUT2D eigenvalue weighted by molar-refractivity contribution is 7.13. The zero-order valence-corrected chi connectivity index (χ0v) is 14.5. The Morgan fingerprint density at radius 1 is 1.22 bits per heavy atom. The molecule has 0 saturated heterocycles. The van der Waals surface area contributed by atoms with Crippen molar-refractivity contribution in [2.75, 3.05) is 6.54 Å². The van der Waals surface area contributed by atoms with Crippen molar-refractivity contribution in [3.63, 3.8) is 0 Å². The van der Waals surface area contributed by atoms with Crippen molar-refractivity contribution in [2.45, 2.75) is 19.8 Å². The first kappa shape index (κ1) is 15.9. The molecule has 0 spiro atoms. The normalized spacial score (nSPS) is 10.7. The number of carbonyl (C=O) groups is 1. The second kappa shape index (κ2) is 7.53. The summed E-state index contributed by atoms with van der Waals surface area (Å²) >= 11 is 3.26. The standard InChI is InChI=1S/C18H18N2OS2/c1-13-4-2-5-14(10-13)18-20-15(12-23-18)7-8-19-17(21)11-16-6-3-9-22-16/h2-6,9-10,12H,7-8,11H2,1H3,(H,19,21). The quantitative estimate of drug-likeness (QED) is 0.733. The number of thiophene rings is 1. The number of rotatable bonds is 6. The Hall–Kier alpha value is -1.98. The summed E-state index contributed by atoms with van der Waals surface area (Å²) < 4.78 is 0. The van der Waals surface area contributed by atoms with Crippen molar-refractivity contribution in [3.05, 3.63) is 63.3 Å². The van der Waals surface area contributed by atoms with Gasteiger partial charge < -0.3 is 5.32 Å². The molecule has 23 heavy (non-hydrogen) atoms. The summed E-state index contributed by atoms with van der Waals surface area (Å²) in [4.78, 5) is 17.6. The highest BCUT2D eigenvalue weighted by atomic mass is 32.1. The molecular formula is C18H18N2OS2. The van der Waals surface area contributed by atoms with Crippen LogP contribution in [0.2, 0.25) is 0 Å². The number of thiazole rings is 1. The van der Waals surface area contributed by atoms with E-state index in [9.17, 15) is 4.79 Å². The van der Waals surface area contributed by atoms with Gasteiger partial charge in [0.25, 0.3) is 0 Å². The van der Waals surface area contributed by atoms with Crippen molar-refractivity contribution >= 4 is 28.6 Å². The van der Waals surface area contributed by atoms with Gasteiger partial charge in [0.1, 0.15) is 5.01 Å². The zero-order valence-electron chi connectivity index (χ0n) is 12.9. The first-order valence-electron chi connectivity index (χ1n) is 7.51. The van der Waals surface area contributed by atoms with E-state index >= 15 is 0 Å². The average Bonchev–Trinajstić information content (AvgIpc) is 3.19. The van der Waals surface area contributed by atoms with E-state index in [4.69, 9.17) is 0 Å². The molecule has 5 heteroatoms. The lowest BCUT2D eigenvalue weighted by molar-refractivity contribution is -0.120. The third-order valence-electron chi connectivity index (χ3n) is 3.43. The van der Waals surface area contributed by atoms with Crippen molar-refractivity contribution in [2.24, 2.45) is 0 Å². The molecule has 118 valence electrons. The number of aryl methyl sites for hydroxylation is 1. The summed E-state index contributed by atoms with van der Waals surface area (Å²) in [6, 6.07) is 12.3. The molecule has 0 saturated carbocycles. The van der Waals surface area contributed by atoms with Gasteiger partial charge in [-0.2, -0.15) is 0 Å². The van der Waals surface area contributed by atoms with Crippen molar-refractivity contribution in [1.82, 2.24) is 10.3 Å². The molecular weight excluding hydrogens is 324 g/mol. The number of hydrogen-bond acceptors (Lipinski definition) is 4. The van der Waals surface area contributed by atoms with E-state index in [1.165, 1.54) is 5.56 Å². The topological polar surface area (TPSA) is 42.0 Å². The van der Waals surface area contributed by atoms with Crippen LogP contribution in [0.3, 0.4) is 0 Å². The predicted molar refractivity (Wildman–Crippen MR) is 97.0 cm³/mol. The average molecular weight is 342 g/mol. The van der Waals surface area contributed by atoms with E-state index in [2.05, 4.69) is 46.9 Å². The van der Waals surface area contributed by atoms with Gasteiger partial charge in [-0.25, -0.2) is 4.98 Å². The highest BCUT2D eigenvalue weighted by Crippen LogP contribution is 2.24. The van der Waals surface area contributed by atoms with Gasteiger partial charge in [-0.05, 0) is 24.4 Å². The number of hydrogen-bond donors (Lipinski definition) is 1. The fraction of sp³-hybridized carbons (Fsp3) is 0.222. The number of benzene rings is 1. The molecule has 0 radical (unpaired) electrons. The Balaban J connectivity index is 1.50. The van der Waals surface area contributed by atoms with Crippen molar-refractivity contribution < 1.29 is 4.79 Å². The van der Waals surface area contributed by atoms with Crippen LogP contribution in [0, 0.1) is 6.92 Å². The van der Waals surface area contributed by atoms with Crippen LogP contribution < -0.4 is 5.32 Å². The lowest BCUT2D eigenvalue weighted by Gasteiger charge is -2.02. The minimum absolute atomic E-state index is 0.0709. The molecule has 0 unspecified atom stereocenters. The molecule has 0 atom stereocenters. The first-order valence-corrected chi connectivity index (χ1v) is 9.27. The Kier molecular flexibility index (Phi) is 5.20. The molecule has 0 fully saturated rings. The van der Waals surface area contributed by atoms with E-state index < -0.39 is 0 Å². The van der Waals surface area contributed by atoms with Crippen LogP contribution in [0.5, 0.6) is 0 Å². The number of amides is 1.